The molecular weight excluding hydrogens is 664 g/mol. The number of aromatic amines is 1. The van der Waals surface area contributed by atoms with E-state index in [0.717, 1.165) is 48.2 Å². The molecule has 274 valence electrons. The first kappa shape index (κ1) is 36.4. The number of aromatic nitrogens is 6. The van der Waals surface area contributed by atoms with Crippen molar-refractivity contribution in [1.82, 2.24) is 41.2 Å². The molecule has 0 radical (unpaired) electrons. The maximum absolute atomic E-state index is 13.8. The van der Waals surface area contributed by atoms with Gasteiger partial charge in [-0.15, -0.1) is 5.10 Å². The van der Waals surface area contributed by atoms with E-state index in [1.165, 1.54) is 0 Å². The minimum atomic E-state index is -0.820. The molecule has 0 bridgehead atoms. The molecule has 4 N–H and O–H groups in total. The number of alkyl carbamates (subject to hydrolysis) is 1. The first-order valence-electron chi connectivity index (χ1n) is 17.8. The van der Waals surface area contributed by atoms with Gasteiger partial charge in [0.15, 0.2) is 5.82 Å². The maximum atomic E-state index is 13.8. The van der Waals surface area contributed by atoms with Crippen molar-refractivity contribution in [3.63, 3.8) is 0 Å². The van der Waals surface area contributed by atoms with E-state index in [4.69, 9.17) is 9.47 Å². The van der Waals surface area contributed by atoms with Gasteiger partial charge in [0.2, 0.25) is 17.8 Å². The van der Waals surface area contributed by atoms with E-state index in [0.29, 0.717) is 56.5 Å². The third kappa shape index (κ3) is 10.1. The van der Waals surface area contributed by atoms with Crippen LogP contribution in [0.4, 0.5) is 16.4 Å². The predicted octanol–water partition coefficient (Wildman–Crippen LogP) is 4.16. The Hall–Kier alpha value is -5.44. The monoisotopic (exact) mass is 710 g/mol. The highest BCUT2D eigenvalue weighted by Gasteiger charge is 2.30. The summed E-state index contributed by atoms with van der Waals surface area (Å²) in [7, 11) is 0. The Labute approximate surface area is 302 Å². The smallest absolute Gasteiger partial charge is 0.407 e. The van der Waals surface area contributed by atoms with E-state index in [1.54, 1.807) is 24.3 Å². The van der Waals surface area contributed by atoms with Crippen molar-refractivity contribution < 1.29 is 23.9 Å². The van der Waals surface area contributed by atoms with Crippen molar-refractivity contribution in [2.45, 2.75) is 64.5 Å². The number of hydrogen-bond donors (Lipinski definition) is 4. The fourth-order valence-electron chi connectivity index (χ4n) is 6.36. The fraction of sp³-hybridized carbons (Fsp3) is 0.459. The molecule has 2 aromatic heterocycles. The van der Waals surface area contributed by atoms with Gasteiger partial charge < -0.3 is 30.3 Å². The van der Waals surface area contributed by atoms with Crippen LogP contribution in [0.15, 0.2) is 60.9 Å². The minimum Gasteiger partial charge on any atom is -0.444 e. The molecule has 1 aliphatic heterocycles. The lowest BCUT2D eigenvalue weighted by atomic mass is 9.81. The van der Waals surface area contributed by atoms with Gasteiger partial charge in [-0.25, -0.2) is 19.9 Å². The summed E-state index contributed by atoms with van der Waals surface area (Å²) in [6, 6.07) is 14.2. The van der Waals surface area contributed by atoms with Crippen LogP contribution in [0, 0.1) is 11.8 Å². The highest BCUT2D eigenvalue weighted by atomic mass is 16.6. The number of H-pyrrole nitrogens is 1. The van der Waals surface area contributed by atoms with Crippen molar-refractivity contribution in [2.75, 3.05) is 43.1 Å². The van der Waals surface area contributed by atoms with Gasteiger partial charge in [-0.3, -0.25) is 9.59 Å². The SMILES string of the molecule is CC(C)(C)OC(=O)NC[C@H]1CC[C@H](C(=O)N[C@@H](Cc2ccc(-c3cnc(N4CCOCC4)nc3)cc2)C(=O)Nc2ccc(-c3nnn[nH]3)cc2)CC1. The van der Waals surface area contributed by atoms with Crippen LogP contribution < -0.4 is 20.9 Å². The Morgan fingerprint density at radius 3 is 2.23 bits per heavy atom. The number of nitrogens with one attached hydrogen (secondary N) is 4. The summed E-state index contributed by atoms with van der Waals surface area (Å²) >= 11 is 0. The van der Waals surface area contributed by atoms with Crippen LogP contribution in [0.1, 0.15) is 52.0 Å². The molecule has 2 aliphatic rings. The van der Waals surface area contributed by atoms with Gasteiger partial charge in [0, 0.05) is 61.2 Å². The topological polar surface area (TPSA) is 189 Å². The average molecular weight is 711 g/mol. The molecule has 2 fully saturated rings. The lowest BCUT2D eigenvalue weighted by Crippen LogP contribution is -2.48. The predicted molar refractivity (Wildman–Crippen MR) is 194 cm³/mol. The van der Waals surface area contributed by atoms with Crippen LogP contribution in [0.3, 0.4) is 0 Å². The summed E-state index contributed by atoms with van der Waals surface area (Å²) < 4.78 is 10.8. The Morgan fingerprint density at radius 2 is 1.60 bits per heavy atom. The fourth-order valence-corrected chi connectivity index (χ4v) is 6.36. The third-order valence-corrected chi connectivity index (χ3v) is 9.21. The van der Waals surface area contributed by atoms with Gasteiger partial charge in [0.25, 0.3) is 0 Å². The van der Waals surface area contributed by atoms with Gasteiger partial charge >= 0.3 is 6.09 Å². The second-order valence-corrected chi connectivity index (χ2v) is 14.3. The molecule has 1 atom stereocenters. The molecule has 15 nitrogen and oxygen atoms in total. The molecule has 0 unspecified atom stereocenters. The van der Waals surface area contributed by atoms with Gasteiger partial charge in [0.1, 0.15) is 11.6 Å². The average Bonchev–Trinajstić information content (AvgIpc) is 3.70. The minimum absolute atomic E-state index is 0.152. The van der Waals surface area contributed by atoms with E-state index in [2.05, 4.69) is 51.4 Å². The van der Waals surface area contributed by atoms with E-state index in [-0.39, 0.29) is 23.7 Å². The second kappa shape index (κ2) is 16.7. The van der Waals surface area contributed by atoms with E-state index in [1.807, 2.05) is 57.4 Å². The van der Waals surface area contributed by atoms with Gasteiger partial charge in [-0.1, -0.05) is 24.3 Å². The summed E-state index contributed by atoms with van der Waals surface area (Å²) in [5, 5.41) is 22.7. The summed E-state index contributed by atoms with van der Waals surface area (Å²) in [5.41, 5.74) is 3.50. The molecule has 1 aliphatic carbocycles. The van der Waals surface area contributed by atoms with Crippen molar-refractivity contribution in [3.05, 3.63) is 66.5 Å². The molecule has 3 heterocycles. The molecule has 52 heavy (non-hydrogen) atoms. The molecule has 1 saturated heterocycles. The summed E-state index contributed by atoms with van der Waals surface area (Å²) in [5.74, 6) is 0.747. The molecular formula is C37H46N10O5. The van der Waals surface area contributed by atoms with E-state index < -0.39 is 17.7 Å². The third-order valence-electron chi connectivity index (χ3n) is 9.21. The van der Waals surface area contributed by atoms with Crippen molar-refractivity contribution in [1.29, 1.82) is 0 Å². The number of amides is 3. The van der Waals surface area contributed by atoms with E-state index in [9.17, 15) is 14.4 Å². The van der Waals surface area contributed by atoms with Crippen molar-refractivity contribution in [2.24, 2.45) is 11.8 Å². The standard InChI is InChI=1S/C37H46N10O5/c1-37(2,3)52-36(50)40-21-25-6-10-28(11-7-25)33(48)42-31(34(49)41-30-14-12-27(13-15-30)32-43-45-46-44-32)20-24-4-8-26(9-5-24)29-22-38-35(39-23-29)47-16-18-51-19-17-47/h4-5,8-9,12-15,22-23,25,28,31H,6-7,10-11,16-21H2,1-3H3,(H,40,50)(H,41,49)(H,42,48)(H,43,44,45,46)/t25-,28-,31-/m0/s1. The number of carbonyl (C=O) groups excluding carboxylic acids is 3. The van der Waals surface area contributed by atoms with Crippen LogP contribution in [0.5, 0.6) is 0 Å². The molecule has 1 saturated carbocycles. The number of anilines is 2. The number of tetrazole rings is 1. The summed E-state index contributed by atoms with van der Waals surface area (Å²) in [6.07, 6.45) is 6.40. The maximum Gasteiger partial charge on any atom is 0.407 e. The largest absolute Gasteiger partial charge is 0.444 e. The normalized spacial score (nSPS) is 18.2. The number of rotatable bonds is 11. The molecule has 2 aromatic carbocycles. The van der Waals surface area contributed by atoms with Crippen LogP contribution in [0.2, 0.25) is 0 Å². The molecule has 15 heteroatoms. The molecule has 6 rings (SSSR count). The van der Waals surface area contributed by atoms with Gasteiger partial charge in [-0.05, 0) is 98.2 Å². The van der Waals surface area contributed by atoms with Crippen LogP contribution in [0.25, 0.3) is 22.5 Å². The Bertz CT molecular complexity index is 1760. The number of benzene rings is 2. The Balaban J connectivity index is 1.09. The van der Waals surface area contributed by atoms with Gasteiger partial charge in [0.05, 0.1) is 13.2 Å². The van der Waals surface area contributed by atoms with Crippen LogP contribution in [-0.4, -0.2) is 93.0 Å². The lowest BCUT2D eigenvalue weighted by Gasteiger charge is -2.29. The number of nitrogens with zero attached hydrogens (tertiary/aromatic N) is 6. The zero-order valence-corrected chi connectivity index (χ0v) is 29.8. The van der Waals surface area contributed by atoms with E-state index >= 15 is 0 Å². The second-order valence-electron chi connectivity index (χ2n) is 14.3. The Kier molecular flexibility index (Phi) is 11.7. The molecule has 0 spiro atoms. The lowest BCUT2D eigenvalue weighted by molar-refractivity contribution is -0.130. The summed E-state index contributed by atoms with van der Waals surface area (Å²) in [4.78, 5) is 50.7. The van der Waals surface area contributed by atoms with Crippen molar-refractivity contribution >= 4 is 29.5 Å². The number of carbonyl (C=O) groups is 3. The Morgan fingerprint density at radius 1 is 0.923 bits per heavy atom. The molecule has 4 aromatic rings. The zero-order chi connectivity index (χ0) is 36.5. The number of hydrogen-bond acceptors (Lipinski definition) is 11. The van der Waals surface area contributed by atoms with Crippen LogP contribution in [-0.2, 0) is 25.5 Å². The zero-order valence-electron chi connectivity index (χ0n) is 29.8. The van der Waals surface area contributed by atoms with Gasteiger partial charge in [-0.2, -0.15) is 0 Å². The number of morpholine rings is 1. The highest BCUT2D eigenvalue weighted by molar-refractivity contribution is 5.97. The summed E-state index contributed by atoms with van der Waals surface area (Å²) in [6.45, 7) is 8.84. The molecule has 3 amide bonds. The highest BCUT2D eigenvalue weighted by Crippen LogP contribution is 2.29. The first-order chi connectivity index (χ1) is 25.1. The first-order valence-corrected chi connectivity index (χ1v) is 17.8. The van der Waals surface area contributed by atoms with Crippen molar-refractivity contribution in [3.8, 4) is 22.5 Å². The quantitative estimate of drug-likeness (QED) is 0.175. The van der Waals surface area contributed by atoms with Crippen LogP contribution >= 0.6 is 0 Å². The number of ether oxygens (including phenoxy) is 2.